The summed E-state index contributed by atoms with van der Waals surface area (Å²) >= 11 is 7.67. The zero-order valence-corrected chi connectivity index (χ0v) is 47.7. The van der Waals surface area contributed by atoms with Gasteiger partial charge in [0.05, 0.1) is 32.5 Å². The highest BCUT2D eigenvalue weighted by Crippen LogP contribution is 2.30. The van der Waals surface area contributed by atoms with Crippen LogP contribution in [0.2, 0.25) is 0 Å². The van der Waals surface area contributed by atoms with Crippen molar-refractivity contribution in [2.45, 2.75) is 139 Å². The lowest BCUT2D eigenvalue weighted by atomic mass is 10.0. The third kappa shape index (κ3) is 33.4. The van der Waals surface area contributed by atoms with Crippen LogP contribution in [-0.2, 0) is 28.8 Å². The average molecular weight is 1040 g/mol. The summed E-state index contributed by atoms with van der Waals surface area (Å²) in [4.78, 5) is 42.8. The summed E-state index contributed by atoms with van der Waals surface area (Å²) in [5, 5.41) is 26.0. The zero-order valence-electron chi connectivity index (χ0n) is 45.9. The Labute approximate surface area is 438 Å². The fourth-order valence-electron chi connectivity index (χ4n) is 6.26. The maximum Gasteiger partial charge on any atom is 0.411 e. The van der Waals surface area contributed by atoms with E-state index < -0.39 is 11.4 Å². The Hall–Kier alpha value is -4.00. The Bertz CT molecular complexity index is 1830. The van der Waals surface area contributed by atoms with E-state index in [1.807, 2.05) is 83.8 Å². The van der Waals surface area contributed by atoms with Gasteiger partial charge in [-0.2, -0.15) is 5.26 Å². The molecular formula is C53H91FN6O9S2. The van der Waals surface area contributed by atoms with Crippen molar-refractivity contribution in [3.63, 3.8) is 0 Å². The van der Waals surface area contributed by atoms with Crippen LogP contribution in [0.5, 0.6) is 0 Å². The first kappa shape index (κ1) is 71.3. The van der Waals surface area contributed by atoms with E-state index in [0.717, 1.165) is 99.9 Å². The summed E-state index contributed by atoms with van der Waals surface area (Å²) in [6, 6.07) is 14.6. The SMILES string of the molecule is C/C=C(\CCCC(C)CC)NC(=O)OC(C)(C)C.CC.CCC/C=C(/C=C(/c1ccc(C#N)c(F)c1)N(C)c1ccc(N2CCC(OCCCON(S)OC)CC2)cc1)C(C)=O.CO.CO.CON(C)S. The molecule has 0 saturated carbocycles. The second-order valence-electron chi connectivity index (χ2n) is 16.6. The third-order valence-electron chi connectivity index (χ3n) is 10.3. The van der Waals surface area contributed by atoms with E-state index >= 15 is 0 Å². The molecule has 2 aromatic carbocycles. The summed E-state index contributed by atoms with van der Waals surface area (Å²) in [5.74, 6) is 0.0993. The second-order valence-corrected chi connectivity index (χ2v) is 17.5. The lowest BCUT2D eigenvalue weighted by Crippen LogP contribution is -2.37. The van der Waals surface area contributed by atoms with E-state index in [1.165, 1.54) is 43.5 Å². The number of amides is 1. The lowest BCUT2D eigenvalue weighted by molar-refractivity contribution is -0.278. The molecule has 406 valence electrons. The molecule has 1 atom stereocenters. The molecule has 18 heteroatoms. The number of ether oxygens (including phenoxy) is 2. The van der Waals surface area contributed by atoms with Crippen molar-refractivity contribution >= 4 is 54.6 Å². The number of Topliss-reactive ketones (excluding diaryl/α,β-unsaturated/α-hetero) is 1. The number of benzene rings is 2. The number of nitriles is 1. The molecule has 0 radical (unpaired) electrons. The number of carbonyl (C=O) groups excluding carboxylic acids is 2. The summed E-state index contributed by atoms with van der Waals surface area (Å²) in [5.41, 5.74) is 4.31. The number of hydroxylamine groups is 1. The molecular weight excluding hydrogens is 948 g/mol. The largest absolute Gasteiger partial charge is 0.444 e. The Balaban J connectivity index is -0.00000132. The molecule has 0 aliphatic carbocycles. The van der Waals surface area contributed by atoms with Crippen LogP contribution in [0.25, 0.3) is 5.70 Å². The predicted molar refractivity (Wildman–Crippen MR) is 295 cm³/mol. The number of rotatable bonds is 22. The van der Waals surface area contributed by atoms with Gasteiger partial charge in [-0.1, -0.05) is 84.9 Å². The third-order valence-corrected chi connectivity index (χ3v) is 10.7. The zero-order chi connectivity index (χ0) is 55.0. The normalized spacial score (nSPS) is 13.3. The van der Waals surface area contributed by atoms with Gasteiger partial charge in [0.1, 0.15) is 17.5 Å². The minimum atomic E-state index is -0.595. The van der Waals surface area contributed by atoms with Crippen LogP contribution < -0.4 is 15.1 Å². The van der Waals surface area contributed by atoms with Crippen molar-refractivity contribution in [2.24, 2.45) is 5.92 Å². The monoisotopic (exact) mass is 1040 g/mol. The van der Waals surface area contributed by atoms with Crippen molar-refractivity contribution in [1.29, 1.82) is 5.26 Å². The number of thiol groups is 2. The smallest absolute Gasteiger partial charge is 0.411 e. The Morgan fingerprint density at radius 3 is 2.04 bits per heavy atom. The number of carbonyl (C=O) groups is 2. The number of halogens is 1. The average Bonchev–Trinajstić information content (AvgIpc) is 3.37. The molecule has 1 heterocycles. The van der Waals surface area contributed by atoms with E-state index in [4.69, 9.17) is 29.4 Å². The number of allylic oxidation sites excluding steroid dienone is 5. The Kier molecular flexibility index (Phi) is 43.7. The highest BCUT2D eigenvalue weighted by molar-refractivity contribution is 7.77. The molecule has 15 nitrogen and oxygen atoms in total. The van der Waals surface area contributed by atoms with Crippen LogP contribution in [0, 0.1) is 23.1 Å². The first-order valence-corrected chi connectivity index (χ1v) is 25.1. The van der Waals surface area contributed by atoms with Crippen LogP contribution in [0.4, 0.5) is 20.6 Å². The van der Waals surface area contributed by atoms with E-state index in [2.05, 4.69) is 73.6 Å². The highest BCUT2D eigenvalue weighted by Gasteiger charge is 2.21. The van der Waals surface area contributed by atoms with Crippen molar-refractivity contribution in [1.82, 2.24) is 14.4 Å². The Morgan fingerprint density at radius 1 is 0.986 bits per heavy atom. The molecule has 1 aliphatic rings. The van der Waals surface area contributed by atoms with Crippen molar-refractivity contribution in [2.75, 3.05) is 78.6 Å². The molecule has 1 fully saturated rings. The highest BCUT2D eigenvalue weighted by atomic mass is 32.1. The summed E-state index contributed by atoms with van der Waals surface area (Å²) in [6.45, 7) is 22.5. The minimum absolute atomic E-state index is 0.0199. The van der Waals surface area contributed by atoms with E-state index in [0.29, 0.717) is 30.0 Å². The second kappa shape index (κ2) is 43.6. The number of ketones is 1. The van der Waals surface area contributed by atoms with E-state index in [1.54, 1.807) is 26.3 Å². The van der Waals surface area contributed by atoms with Gasteiger partial charge in [0.2, 0.25) is 0 Å². The van der Waals surface area contributed by atoms with Gasteiger partial charge in [0.15, 0.2) is 5.78 Å². The first-order valence-electron chi connectivity index (χ1n) is 24.3. The number of unbranched alkanes of at least 4 members (excludes halogenated alkanes) is 1. The fraction of sp³-hybridized carbons (Fsp3) is 0.604. The van der Waals surface area contributed by atoms with Crippen molar-refractivity contribution in [3.05, 3.63) is 88.9 Å². The molecule has 1 amide bonds. The van der Waals surface area contributed by atoms with Gasteiger partial charge in [-0.15, -0.1) is 4.47 Å². The lowest BCUT2D eigenvalue weighted by Gasteiger charge is -2.34. The molecule has 0 spiro atoms. The molecule has 0 aromatic heterocycles. The number of hydrogen-bond acceptors (Lipinski definition) is 16. The van der Waals surface area contributed by atoms with Gasteiger partial charge in [-0.3, -0.25) is 24.6 Å². The maximum absolute atomic E-state index is 14.6. The van der Waals surface area contributed by atoms with Crippen LogP contribution >= 0.6 is 25.6 Å². The number of anilines is 2. The molecule has 2 aromatic rings. The summed E-state index contributed by atoms with van der Waals surface area (Å²) in [6.07, 6.45) is 14.2. The molecule has 3 rings (SSSR count). The van der Waals surface area contributed by atoms with Crippen LogP contribution in [0.15, 0.2) is 72.0 Å². The fourth-order valence-corrected chi connectivity index (χ4v) is 6.34. The topological polar surface area (TPSA) is 170 Å². The van der Waals surface area contributed by atoms with Gasteiger partial charge in [-0.05, 0) is 139 Å². The molecule has 71 heavy (non-hydrogen) atoms. The van der Waals surface area contributed by atoms with Crippen molar-refractivity contribution in [3.8, 4) is 6.07 Å². The number of nitrogens with one attached hydrogen (secondary N) is 1. The molecule has 0 bridgehead atoms. The van der Waals surface area contributed by atoms with Gasteiger partial charge in [-0.25, -0.2) is 9.18 Å². The van der Waals surface area contributed by atoms with Gasteiger partial charge in [0, 0.05) is 81.9 Å². The number of aliphatic hydroxyl groups excluding tert-OH is 2. The molecule has 1 unspecified atom stereocenters. The summed E-state index contributed by atoms with van der Waals surface area (Å²) < 4.78 is 28.2. The predicted octanol–water partition coefficient (Wildman–Crippen LogP) is 11.7. The maximum atomic E-state index is 14.6. The minimum Gasteiger partial charge on any atom is -0.444 e. The number of aliphatic hydroxyl groups is 2. The first-order chi connectivity index (χ1) is 33.8. The number of hydrogen-bond donors (Lipinski definition) is 5. The Morgan fingerprint density at radius 2 is 1.58 bits per heavy atom. The van der Waals surface area contributed by atoms with Gasteiger partial charge < -0.3 is 29.5 Å². The quantitative estimate of drug-likeness (QED) is 0.0248. The van der Waals surface area contributed by atoms with Gasteiger partial charge >= 0.3 is 6.09 Å². The van der Waals surface area contributed by atoms with E-state index in [-0.39, 0.29) is 23.5 Å². The number of piperidine rings is 1. The van der Waals surface area contributed by atoms with E-state index in [9.17, 15) is 19.2 Å². The number of nitrogens with zero attached hydrogens (tertiary/aromatic N) is 5. The summed E-state index contributed by atoms with van der Waals surface area (Å²) in [7, 11) is 8.62. The van der Waals surface area contributed by atoms with Crippen LogP contribution in [-0.4, -0.2) is 112 Å². The standard InChI is InChI=1S/C32H41FN4O4S.C15H29NO2.C2H7NOS.C2H6.2CH4O/c1-5-6-8-25(24(2)38)22-32(26-9-10-27(23-34)31(33)21-26)35(3)28-11-13-29(14-12-28)36-17-15-30(16-18-36)40-19-7-20-41-37(42)39-4;1-7-12(3)10-9-11-13(8-2)16-14(17)18-15(4,5)6;1-3(5)4-2;3*1-2/h8-14,21-22,30,42H,5-7,15-20H2,1-4H3;8,12H,7,9-11H2,1-6H3,(H,16,17);5H,1-2H3;1-2H3;2*2H,1H3/b25-8-,32-22-;13-8+;;;;. The molecule has 1 aliphatic heterocycles. The molecule has 1 saturated heterocycles. The van der Waals surface area contributed by atoms with Crippen LogP contribution in [0.1, 0.15) is 138 Å². The number of alkyl carbamates (subject to hydrolysis) is 1. The van der Waals surface area contributed by atoms with Gasteiger partial charge in [0.25, 0.3) is 0 Å². The molecule has 3 N–H and O–H groups in total. The van der Waals surface area contributed by atoms with Crippen molar-refractivity contribution < 1.29 is 48.2 Å². The van der Waals surface area contributed by atoms with Crippen LogP contribution in [0.3, 0.4) is 0 Å².